The van der Waals surface area contributed by atoms with Crippen molar-refractivity contribution in [3.63, 3.8) is 0 Å². The zero-order valence-electron chi connectivity index (χ0n) is 12.1. The smallest absolute Gasteiger partial charge is 0.191 e. The van der Waals surface area contributed by atoms with E-state index in [1.165, 1.54) is 6.26 Å². The lowest BCUT2D eigenvalue weighted by Crippen LogP contribution is -2.43. The topological polar surface area (TPSA) is 79.8 Å². The summed E-state index contributed by atoms with van der Waals surface area (Å²) in [5.74, 6) is 0.795. The second-order valence-electron chi connectivity index (χ2n) is 4.19. The van der Waals surface area contributed by atoms with Crippen LogP contribution in [0.1, 0.15) is 20.3 Å². The number of nitrogens with zero attached hydrogens (tertiary/aromatic N) is 1. The van der Waals surface area contributed by atoms with Crippen molar-refractivity contribution in [2.24, 2.45) is 4.99 Å². The van der Waals surface area contributed by atoms with Gasteiger partial charge in [0.15, 0.2) is 5.96 Å². The first-order chi connectivity index (χ1) is 8.39. The number of sulfone groups is 1. The molecule has 0 saturated carbocycles. The van der Waals surface area contributed by atoms with Crippen LogP contribution in [0.2, 0.25) is 0 Å². The number of rotatable bonds is 8. The van der Waals surface area contributed by atoms with Gasteiger partial charge in [-0.3, -0.25) is 4.99 Å². The van der Waals surface area contributed by atoms with Crippen LogP contribution in [0.15, 0.2) is 4.99 Å². The van der Waals surface area contributed by atoms with E-state index in [1.807, 2.05) is 0 Å². The van der Waals surface area contributed by atoms with Crippen molar-refractivity contribution >= 4 is 39.8 Å². The summed E-state index contributed by atoms with van der Waals surface area (Å²) >= 11 is 0. The first-order valence-corrected chi connectivity index (χ1v) is 8.17. The number of hydrogen-bond donors (Lipinski definition) is 2. The van der Waals surface area contributed by atoms with Gasteiger partial charge in [-0.2, -0.15) is 0 Å². The van der Waals surface area contributed by atoms with Crippen LogP contribution in [-0.2, 0) is 14.6 Å². The Hall–Kier alpha value is -0.0900. The van der Waals surface area contributed by atoms with E-state index in [-0.39, 0.29) is 36.3 Å². The highest BCUT2D eigenvalue weighted by Crippen LogP contribution is 1.87. The Morgan fingerprint density at radius 1 is 1.37 bits per heavy atom. The second-order valence-corrected chi connectivity index (χ2v) is 6.45. The predicted octanol–water partition coefficient (Wildman–Crippen LogP) is 0.629. The normalized spacial score (nSPS) is 13.6. The van der Waals surface area contributed by atoms with Crippen LogP contribution in [0.25, 0.3) is 0 Å². The van der Waals surface area contributed by atoms with Gasteiger partial charge in [0, 0.05) is 25.9 Å². The molecule has 0 fully saturated rings. The second kappa shape index (κ2) is 11.7. The van der Waals surface area contributed by atoms with Crippen molar-refractivity contribution in [1.29, 1.82) is 0 Å². The third-order valence-corrected chi connectivity index (χ3v) is 3.26. The van der Waals surface area contributed by atoms with E-state index in [2.05, 4.69) is 29.5 Å². The van der Waals surface area contributed by atoms with Crippen molar-refractivity contribution < 1.29 is 13.2 Å². The molecule has 2 N–H and O–H groups in total. The lowest BCUT2D eigenvalue weighted by molar-refractivity contribution is 0.154. The Morgan fingerprint density at radius 2 is 2.00 bits per heavy atom. The minimum atomic E-state index is -2.93. The van der Waals surface area contributed by atoms with Crippen molar-refractivity contribution in [1.82, 2.24) is 10.6 Å². The maximum Gasteiger partial charge on any atom is 0.191 e. The number of halogens is 1. The summed E-state index contributed by atoms with van der Waals surface area (Å²) in [4.78, 5) is 4.08. The molecule has 0 radical (unpaired) electrons. The molecule has 1 atom stereocenters. The summed E-state index contributed by atoms with van der Waals surface area (Å²) in [5, 5.41) is 6.32. The van der Waals surface area contributed by atoms with Gasteiger partial charge in [0.1, 0.15) is 9.84 Å². The molecule has 0 saturated heterocycles. The van der Waals surface area contributed by atoms with Gasteiger partial charge in [-0.25, -0.2) is 8.42 Å². The van der Waals surface area contributed by atoms with E-state index >= 15 is 0 Å². The maximum absolute atomic E-state index is 10.8. The quantitative estimate of drug-likeness (QED) is 0.267. The highest BCUT2D eigenvalue weighted by atomic mass is 127. The van der Waals surface area contributed by atoms with Crippen LogP contribution < -0.4 is 10.6 Å². The number of aliphatic imine (C=N–C) groups is 1. The van der Waals surface area contributed by atoms with E-state index in [1.54, 1.807) is 7.05 Å². The van der Waals surface area contributed by atoms with Gasteiger partial charge in [0.05, 0.1) is 19.0 Å². The molecule has 8 heteroatoms. The fourth-order valence-electron chi connectivity index (χ4n) is 1.08. The van der Waals surface area contributed by atoms with E-state index < -0.39 is 9.84 Å². The Morgan fingerprint density at radius 3 is 2.47 bits per heavy atom. The fourth-order valence-corrected chi connectivity index (χ4v) is 1.50. The molecule has 0 aromatic rings. The van der Waals surface area contributed by atoms with Crippen molar-refractivity contribution in [3.05, 3.63) is 0 Å². The van der Waals surface area contributed by atoms with Crippen molar-refractivity contribution in [3.8, 4) is 0 Å². The standard InChI is InChI=1S/C11H25N3O3S.HI/c1-5-10(2)14-11(12-3)13-6-7-17-8-9-18(4,15)16;/h10H,5-9H2,1-4H3,(H2,12,13,14);1H. The zero-order chi connectivity index (χ0) is 14.0. The molecular formula is C11H26IN3O3S. The Kier molecular flexibility index (Phi) is 13.1. The molecule has 0 aliphatic carbocycles. The SMILES string of the molecule is CCC(C)NC(=NC)NCCOCCS(C)(=O)=O.I. The average molecular weight is 407 g/mol. The maximum atomic E-state index is 10.8. The van der Waals surface area contributed by atoms with Crippen LogP contribution in [0.4, 0.5) is 0 Å². The molecule has 0 spiro atoms. The summed E-state index contributed by atoms with van der Waals surface area (Å²) in [6.45, 7) is 5.46. The molecule has 0 rings (SSSR count). The number of hydrogen-bond acceptors (Lipinski definition) is 4. The largest absolute Gasteiger partial charge is 0.379 e. The van der Waals surface area contributed by atoms with Gasteiger partial charge in [0.2, 0.25) is 0 Å². The molecule has 0 aliphatic rings. The number of guanidine groups is 1. The molecule has 0 amide bonds. The first kappa shape index (κ1) is 21.2. The minimum absolute atomic E-state index is 0. The van der Waals surface area contributed by atoms with Gasteiger partial charge in [-0.1, -0.05) is 6.92 Å². The van der Waals surface area contributed by atoms with Crippen LogP contribution >= 0.6 is 24.0 Å². The van der Waals surface area contributed by atoms with Gasteiger partial charge in [-0.05, 0) is 13.3 Å². The lowest BCUT2D eigenvalue weighted by Gasteiger charge is -2.16. The summed E-state index contributed by atoms with van der Waals surface area (Å²) in [6.07, 6.45) is 2.22. The molecular weight excluding hydrogens is 381 g/mol. The van der Waals surface area contributed by atoms with Crippen LogP contribution in [0.3, 0.4) is 0 Å². The predicted molar refractivity (Wildman–Crippen MR) is 90.2 cm³/mol. The Labute approximate surface area is 133 Å². The molecule has 1 unspecified atom stereocenters. The summed E-state index contributed by atoms with van der Waals surface area (Å²) in [6, 6.07) is 0.363. The van der Waals surface area contributed by atoms with Crippen LogP contribution in [0, 0.1) is 0 Å². The third kappa shape index (κ3) is 14.1. The molecule has 0 bridgehead atoms. The van der Waals surface area contributed by atoms with Crippen LogP contribution in [0.5, 0.6) is 0 Å². The molecule has 0 heterocycles. The molecule has 19 heavy (non-hydrogen) atoms. The number of ether oxygens (including phenoxy) is 1. The third-order valence-electron chi connectivity index (χ3n) is 2.36. The minimum Gasteiger partial charge on any atom is -0.379 e. The van der Waals surface area contributed by atoms with Crippen molar-refractivity contribution in [2.75, 3.05) is 38.8 Å². The number of nitrogens with one attached hydrogen (secondary N) is 2. The summed E-state index contributed by atoms with van der Waals surface area (Å²) < 4.78 is 26.9. The van der Waals surface area contributed by atoms with E-state index in [9.17, 15) is 8.42 Å². The molecule has 0 aromatic heterocycles. The first-order valence-electron chi connectivity index (χ1n) is 6.11. The highest BCUT2D eigenvalue weighted by Gasteiger charge is 2.03. The van der Waals surface area contributed by atoms with E-state index in [0.717, 1.165) is 12.4 Å². The zero-order valence-corrected chi connectivity index (χ0v) is 15.2. The van der Waals surface area contributed by atoms with E-state index in [0.29, 0.717) is 19.2 Å². The van der Waals surface area contributed by atoms with Crippen molar-refractivity contribution in [2.45, 2.75) is 26.3 Å². The van der Waals surface area contributed by atoms with Gasteiger partial charge in [-0.15, -0.1) is 24.0 Å². The van der Waals surface area contributed by atoms with Gasteiger partial charge >= 0.3 is 0 Å². The molecule has 0 aromatic carbocycles. The van der Waals surface area contributed by atoms with Gasteiger partial charge < -0.3 is 15.4 Å². The average Bonchev–Trinajstić information content (AvgIpc) is 2.30. The Balaban J connectivity index is 0. The summed E-state index contributed by atoms with van der Waals surface area (Å²) in [5.41, 5.74) is 0. The highest BCUT2D eigenvalue weighted by molar-refractivity contribution is 14.0. The van der Waals surface area contributed by atoms with E-state index in [4.69, 9.17) is 4.74 Å². The lowest BCUT2D eigenvalue weighted by atomic mass is 10.3. The van der Waals surface area contributed by atoms with Gasteiger partial charge in [0.25, 0.3) is 0 Å². The molecule has 0 aliphatic heterocycles. The van der Waals surface area contributed by atoms with Crippen LogP contribution in [-0.4, -0.2) is 59.2 Å². The molecule has 116 valence electrons. The summed E-state index contributed by atoms with van der Waals surface area (Å²) in [7, 11) is -1.22. The molecule has 6 nitrogen and oxygen atoms in total. The Bertz CT molecular complexity index is 347. The monoisotopic (exact) mass is 407 g/mol. The fraction of sp³-hybridized carbons (Fsp3) is 0.909.